The molecule has 0 fully saturated rings. The number of thiophene rings is 1. The topological polar surface area (TPSA) is 59.8 Å². The Kier molecular flexibility index (Phi) is 4.76. The van der Waals surface area contributed by atoms with Crippen LogP contribution in [0, 0.1) is 13.8 Å². The summed E-state index contributed by atoms with van der Waals surface area (Å²) in [6.07, 6.45) is 3.19. The van der Waals surface area contributed by atoms with Gasteiger partial charge in [-0.15, -0.1) is 11.3 Å². The fourth-order valence-corrected chi connectivity index (χ4v) is 3.72. The molecule has 0 saturated carbocycles. The van der Waals surface area contributed by atoms with E-state index in [1.54, 1.807) is 22.3 Å². The van der Waals surface area contributed by atoms with Gasteiger partial charge in [0.2, 0.25) is 0 Å². The summed E-state index contributed by atoms with van der Waals surface area (Å²) in [5.74, 6) is -0.0574. The quantitative estimate of drug-likeness (QED) is 0.773. The molecule has 2 heterocycles. The van der Waals surface area contributed by atoms with Gasteiger partial charge < -0.3 is 5.32 Å². The first-order valence-electron chi connectivity index (χ1n) is 7.82. The Bertz CT molecular complexity index is 821. The predicted molar refractivity (Wildman–Crippen MR) is 95.2 cm³/mol. The number of benzene rings is 1. The minimum absolute atomic E-state index is 0.00252. The SMILES string of the molecule is Cc1cc([C@H](C)NC(=O)c2ccc(Cn3cncn3)cc2)c(C)s1. The van der Waals surface area contributed by atoms with Gasteiger partial charge in [-0.2, -0.15) is 5.10 Å². The van der Waals surface area contributed by atoms with Crippen molar-refractivity contribution in [2.24, 2.45) is 0 Å². The normalized spacial score (nSPS) is 12.1. The van der Waals surface area contributed by atoms with Crippen LogP contribution in [0.15, 0.2) is 43.0 Å². The highest BCUT2D eigenvalue weighted by atomic mass is 32.1. The van der Waals surface area contributed by atoms with Crippen molar-refractivity contribution in [3.8, 4) is 0 Å². The summed E-state index contributed by atoms with van der Waals surface area (Å²) in [5.41, 5.74) is 2.93. The van der Waals surface area contributed by atoms with Crippen molar-refractivity contribution in [2.75, 3.05) is 0 Å². The molecule has 0 aliphatic heterocycles. The minimum Gasteiger partial charge on any atom is -0.345 e. The van der Waals surface area contributed by atoms with Gasteiger partial charge in [0.05, 0.1) is 12.6 Å². The minimum atomic E-state index is -0.0574. The monoisotopic (exact) mass is 340 g/mol. The van der Waals surface area contributed by atoms with E-state index in [9.17, 15) is 4.79 Å². The van der Waals surface area contributed by atoms with E-state index in [4.69, 9.17) is 0 Å². The van der Waals surface area contributed by atoms with Gasteiger partial charge in [0.15, 0.2) is 0 Å². The average Bonchev–Trinajstić information content (AvgIpc) is 3.17. The summed E-state index contributed by atoms with van der Waals surface area (Å²) in [4.78, 5) is 18.9. The highest BCUT2D eigenvalue weighted by molar-refractivity contribution is 7.12. The largest absolute Gasteiger partial charge is 0.345 e. The van der Waals surface area contributed by atoms with Gasteiger partial charge in [0.25, 0.3) is 5.91 Å². The van der Waals surface area contributed by atoms with E-state index in [-0.39, 0.29) is 11.9 Å². The fraction of sp³-hybridized carbons (Fsp3) is 0.278. The number of amides is 1. The summed E-state index contributed by atoms with van der Waals surface area (Å²) in [6, 6.07) is 9.73. The zero-order valence-electron chi connectivity index (χ0n) is 14.0. The second kappa shape index (κ2) is 6.97. The van der Waals surface area contributed by atoms with Crippen molar-refractivity contribution in [1.29, 1.82) is 0 Å². The summed E-state index contributed by atoms with van der Waals surface area (Å²) in [7, 11) is 0. The van der Waals surface area contributed by atoms with Crippen LogP contribution in [0.5, 0.6) is 0 Å². The average molecular weight is 340 g/mol. The first kappa shape index (κ1) is 16.4. The second-order valence-electron chi connectivity index (χ2n) is 5.85. The number of hydrogen-bond donors (Lipinski definition) is 1. The van der Waals surface area contributed by atoms with Crippen molar-refractivity contribution in [3.63, 3.8) is 0 Å². The highest BCUT2D eigenvalue weighted by Crippen LogP contribution is 2.26. The maximum atomic E-state index is 12.4. The Labute approximate surface area is 145 Å². The van der Waals surface area contributed by atoms with Crippen LogP contribution in [0.1, 0.15) is 44.2 Å². The third-order valence-corrected chi connectivity index (χ3v) is 4.90. The van der Waals surface area contributed by atoms with E-state index < -0.39 is 0 Å². The first-order valence-corrected chi connectivity index (χ1v) is 8.63. The Morgan fingerprint density at radius 2 is 2.04 bits per heavy atom. The van der Waals surface area contributed by atoms with Gasteiger partial charge >= 0.3 is 0 Å². The van der Waals surface area contributed by atoms with Crippen LogP contribution in [0.25, 0.3) is 0 Å². The van der Waals surface area contributed by atoms with Crippen molar-refractivity contribution in [3.05, 3.63) is 69.4 Å². The fourth-order valence-electron chi connectivity index (χ4n) is 2.70. The van der Waals surface area contributed by atoms with E-state index in [1.807, 2.05) is 31.2 Å². The maximum absolute atomic E-state index is 12.4. The molecule has 3 aromatic rings. The first-order chi connectivity index (χ1) is 11.5. The lowest BCUT2D eigenvalue weighted by Gasteiger charge is -2.14. The van der Waals surface area contributed by atoms with Gasteiger partial charge in [-0.05, 0) is 50.1 Å². The molecule has 1 aromatic carbocycles. The van der Waals surface area contributed by atoms with E-state index in [2.05, 4.69) is 35.3 Å². The van der Waals surface area contributed by atoms with Crippen LogP contribution in [-0.2, 0) is 6.54 Å². The van der Waals surface area contributed by atoms with Gasteiger partial charge in [-0.3, -0.25) is 4.79 Å². The Hall–Kier alpha value is -2.47. The van der Waals surface area contributed by atoms with Crippen LogP contribution >= 0.6 is 11.3 Å². The molecule has 1 atom stereocenters. The zero-order valence-corrected chi connectivity index (χ0v) is 14.8. The van der Waals surface area contributed by atoms with E-state index in [1.165, 1.54) is 21.6 Å². The lowest BCUT2D eigenvalue weighted by atomic mass is 10.1. The number of aryl methyl sites for hydroxylation is 2. The van der Waals surface area contributed by atoms with Crippen LogP contribution in [0.2, 0.25) is 0 Å². The molecule has 0 aliphatic rings. The number of aromatic nitrogens is 3. The molecule has 6 heteroatoms. The number of carbonyl (C=O) groups is 1. The molecule has 1 N–H and O–H groups in total. The summed E-state index contributed by atoms with van der Waals surface area (Å²) >= 11 is 1.76. The second-order valence-corrected chi connectivity index (χ2v) is 7.31. The van der Waals surface area contributed by atoms with E-state index in [0.29, 0.717) is 12.1 Å². The number of rotatable bonds is 5. The van der Waals surface area contributed by atoms with Gasteiger partial charge in [-0.1, -0.05) is 12.1 Å². The van der Waals surface area contributed by atoms with Crippen LogP contribution in [-0.4, -0.2) is 20.7 Å². The Balaban J connectivity index is 1.65. The van der Waals surface area contributed by atoms with Gasteiger partial charge in [0.1, 0.15) is 12.7 Å². The molecule has 124 valence electrons. The number of carbonyl (C=O) groups excluding carboxylic acids is 1. The zero-order chi connectivity index (χ0) is 17.1. The van der Waals surface area contributed by atoms with Crippen LogP contribution in [0.4, 0.5) is 0 Å². The Morgan fingerprint density at radius 1 is 1.29 bits per heavy atom. The number of nitrogens with zero attached hydrogens (tertiary/aromatic N) is 3. The molecule has 2 aromatic heterocycles. The smallest absolute Gasteiger partial charge is 0.251 e. The Morgan fingerprint density at radius 3 is 2.62 bits per heavy atom. The van der Waals surface area contributed by atoms with E-state index in [0.717, 1.165) is 5.56 Å². The molecule has 0 saturated heterocycles. The molecule has 0 unspecified atom stereocenters. The van der Waals surface area contributed by atoms with Gasteiger partial charge in [0, 0.05) is 15.3 Å². The van der Waals surface area contributed by atoms with Gasteiger partial charge in [-0.25, -0.2) is 9.67 Å². The summed E-state index contributed by atoms with van der Waals surface area (Å²) in [5, 5.41) is 7.15. The van der Waals surface area contributed by atoms with Crippen LogP contribution in [0.3, 0.4) is 0 Å². The number of hydrogen-bond acceptors (Lipinski definition) is 4. The molecule has 0 bridgehead atoms. The molecule has 24 heavy (non-hydrogen) atoms. The third-order valence-electron chi connectivity index (χ3n) is 3.92. The highest BCUT2D eigenvalue weighted by Gasteiger charge is 2.15. The van der Waals surface area contributed by atoms with Crippen molar-refractivity contribution in [1.82, 2.24) is 20.1 Å². The lowest BCUT2D eigenvalue weighted by molar-refractivity contribution is 0.0940. The maximum Gasteiger partial charge on any atom is 0.251 e. The standard InChI is InChI=1S/C18H20N4OS/c1-12-8-17(14(3)24-12)13(2)21-18(23)16-6-4-15(5-7-16)9-22-11-19-10-20-22/h4-8,10-11,13H,9H2,1-3H3,(H,21,23)/t13-/m0/s1. The molecule has 1 amide bonds. The summed E-state index contributed by atoms with van der Waals surface area (Å²) < 4.78 is 1.75. The van der Waals surface area contributed by atoms with Crippen molar-refractivity contribution in [2.45, 2.75) is 33.4 Å². The molecule has 0 spiro atoms. The van der Waals surface area contributed by atoms with Crippen molar-refractivity contribution < 1.29 is 4.79 Å². The number of nitrogens with one attached hydrogen (secondary N) is 1. The molecule has 3 rings (SSSR count). The molecule has 0 radical (unpaired) electrons. The molecular formula is C18H20N4OS. The third kappa shape index (κ3) is 3.71. The molecular weight excluding hydrogens is 320 g/mol. The van der Waals surface area contributed by atoms with E-state index >= 15 is 0 Å². The van der Waals surface area contributed by atoms with Crippen molar-refractivity contribution >= 4 is 17.2 Å². The lowest BCUT2D eigenvalue weighted by Crippen LogP contribution is -2.26. The summed E-state index contributed by atoms with van der Waals surface area (Å²) in [6.45, 7) is 6.84. The predicted octanol–water partition coefficient (Wildman–Crippen LogP) is 3.50. The molecule has 0 aliphatic carbocycles. The molecule has 5 nitrogen and oxygen atoms in total. The van der Waals surface area contributed by atoms with Crippen LogP contribution < -0.4 is 5.32 Å².